The minimum Gasteiger partial charge on any atom is -0.415 e. The van der Waals surface area contributed by atoms with Crippen molar-refractivity contribution < 1.29 is 257 Å². The Hall–Kier alpha value is 3.33. The topological polar surface area (TPSA) is 506 Å². The molecular weight excluding hydrogens is 1430 g/mol. The van der Waals surface area contributed by atoms with Crippen LogP contribution in [0, 0.1) is 0 Å². The van der Waals surface area contributed by atoms with E-state index in [0.717, 1.165) is 67.3 Å². The Morgan fingerprint density at radius 1 is 0.397 bits per heavy atom. The first-order valence-electron chi connectivity index (χ1n) is 16.5. The maximum atomic E-state index is 11.5. The molecule has 0 saturated carbocycles. The quantitative estimate of drug-likeness (QED) is 0.0879. The van der Waals surface area contributed by atoms with Gasteiger partial charge in [0.2, 0.25) is 0 Å². The molecule has 2 aromatic carbocycles. The monoisotopic (exact) mass is 1510 g/mol. The summed E-state index contributed by atoms with van der Waals surface area (Å²) < 4.78 is 43.7. The van der Waals surface area contributed by atoms with Crippen molar-refractivity contribution in [3.63, 3.8) is 0 Å². The zero-order chi connectivity index (χ0) is 47.4. The number of aliphatic hydroxyl groups is 8. The van der Waals surface area contributed by atoms with E-state index in [4.69, 9.17) is 74.4 Å². The molecule has 1 aliphatic heterocycles. The van der Waals surface area contributed by atoms with Crippen LogP contribution in [0.2, 0.25) is 52.4 Å². The van der Waals surface area contributed by atoms with Crippen LogP contribution in [0.4, 0.5) is 0 Å². The fourth-order valence-corrected chi connectivity index (χ4v) is 28.7. The first kappa shape index (κ1) is 124. The Morgan fingerprint density at radius 3 is 0.779 bits per heavy atom. The number of aliphatic hydroxyl groups excluding tert-OH is 8. The van der Waals surface area contributed by atoms with E-state index in [0.29, 0.717) is 0 Å². The predicted molar refractivity (Wildman–Crippen MR) is 256 cm³/mol. The first-order valence-corrected chi connectivity index (χ1v) is 33.0. The summed E-state index contributed by atoms with van der Waals surface area (Å²) in [5.74, 6) is 0. The van der Waals surface area contributed by atoms with Crippen molar-refractivity contribution in [1.29, 1.82) is 0 Å². The maximum absolute atomic E-state index is 11.5. The van der Waals surface area contributed by atoms with Gasteiger partial charge < -0.3 is 126 Å². The molecule has 0 amide bonds. The molecule has 0 aromatic heterocycles. The van der Waals surface area contributed by atoms with Crippen molar-refractivity contribution in [2.24, 2.45) is 0 Å². The third kappa shape index (κ3) is 60.2. The van der Waals surface area contributed by atoms with Gasteiger partial charge >= 0.3 is 60.9 Å². The van der Waals surface area contributed by atoms with Crippen molar-refractivity contribution in [2.45, 2.75) is 52.4 Å². The molecule has 412 valence electrons. The van der Waals surface area contributed by atoms with Crippen LogP contribution in [0.1, 0.15) is 0 Å². The first-order chi connectivity index (χ1) is 26.6. The summed E-state index contributed by atoms with van der Waals surface area (Å²) in [5.41, 5.74) is 0. The van der Waals surface area contributed by atoms with Crippen molar-refractivity contribution in [1.82, 2.24) is 0 Å². The summed E-state index contributed by atoms with van der Waals surface area (Å²) in [4.78, 5) is 41.1. The van der Waals surface area contributed by atoms with Gasteiger partial charge in [0.1, 0.15) is 0 Å². The van der Waals surface area contributed by atoms with Crippen LogP contribution < -0.4 is 10.4 Å². The van der Waals surface area contributed by atoms with Gasteiger partial charge in [-0.25, -0.2) is 0 Å². The van der Waals surface area contributed by atoms with Gasteiger partial charge in [-0.2, -0.15) is 0 Å². The molecule has 0 spiro atoms. The normalized spacial score (nSPS) is 15.4. The van der Waals surface area contributed by atoms with Crippen molar-refractivity contribution in [3.05, 3.63) is 60.7 Å². The minimum absolute atomic E-state index is 0. The molecule has 24 N–H and O–H groups in total. The molecule has 0 bridgehead atoms. The smallest absolute Gasteiger partial charge is 0.415 e. The molecule has 68 heavy (non-hydrogen) atoms. The fraction of sp³-hybridized carbons (Fsp3) is 0.600. The number of hydrogen-bond donors (Lipinski definition) is 12. The maximum Gasteiger partial charge on any atom is 0.487 e. The van der Waals surface area contributed by atoms with E-state index in [-0.39, 0.29) is 164 Å². The summed E-state index contributed by atoms with van der Waals surface area (Å²) in [6.45, 7) is 13.3. The molecule has 3 rings (SSSR count). The third-order valence-electron chi connectivity index (χ3n) is 5.47. The van der Waals surface area contributed by atoms with Crippen LogP contribution in [-0.4, -0.2) is 225 Å². The molecule has 0 radical (unpaired) electrons. The van der Waals surface area contributed by atoms with E-state index in [1.807, 2.05) is 73.8 Å². The largest absolute Gasteiger partial charge is 0.487 e. The fourth-order valence-electron chi connectivity index (χ4n) is 4.13. The van der Waals surface area contributed by atoms with Gasteiger partial charge in [-0.3, -0.25) is 0 Å². The Balaban J connectivity index is -0.0000000317. The summed E-state index contributed by atoms with van der Waals surface area (Å²) in [6.07, 6.45) is 0. The van der Waals surface area contributed by atoms with Gasteiger partial charge in [-0.15, -0.1) is 0 Å². The SMILES string of the molecule is CO.CO.CO.CO.CO.CO.CO.CO.CO[Si](C)(O)O[Si]1(C)O[Si](C)(O[Si](C)(O)OC)O1.C[Si](C)(O)O[Si](C)(C)O[Si](O)(c1ccccc1)c1ccccc1.O.O.O.O.O.O.[Zr].[Zr].[Zr].[Zr].[Zr]. The molecule has 26 nitrogen and oxygen atoms in total. The summed E-state index contributed by atoms with van der Waals surface area (Å²) >= 11 is 0. The predicted octanol–water partition coefficient (Wildman–Crippen LogP) is -6.81. The van der Waals surface area contributed by atoms with Crippen molar-refractivity contribution in [3.8, 4) is 0 Å². The summed E-state index contributed by atoms with van der Waals surface area (Å²) in [5, 5.41) is 57.5. The van der Waals surface area contributed by atoms with E-state index >= 15 is 0 Å². The summed E-state index contributed by atoms with van der Waals surface area (Å²) in [7, 11) is -10.4. The number of benzene rings is 2. The van der Waals surface area contributed by atoms with Crippen LogP contribution in [0.3, 0.4) is 0 Å². The molecule has 2 atom stereocenters. The molecule has 1 saturated heterocycles. The summed E-state index contributed by atoms with van der Waals surface area (Å²) in [6, 6.07) is 18.9. The van der Waals surface area contributed by atoms with E-state index in [9.17, 15) is 19.2 Å². The number of rotatable bonds is 12. The zero-order valence-electron chi connectivity index (χ0n) is 42.4. The second-order valence-electron chi connectivity index (χ2n) is 10.8. The van der Waals surface area contributed by atoms with E-state index in [2.05, 4.69) is 0 Å². The second-order valence-corrected chi connectivity index (χ2v) is 31.7. The van der Waals surface area contributed by atoms with E-state index < -0.39 is 60.9 Å². The van der Waals surface area contributed by atoms with Gasteiger partial charge in [-0.1, -0.05) is 60.7 Å². The van der Waals surface area contributed by atoms with Gasteiger partial charge in [0.05, 0.1) is 0 Å². The number of hydrogen-bond acceptors (Lipinski definition) is 20. The Morgan fingerprint density at radius 2 is 0.603 bits per heavy atom. The molecule has 38 heteroatoms. The van der Waals surface area contributed by atoms with Gasteiger partial charge in [0.15, 0.2) is 0 Å². The third-order valence-corrected chi connectivity index (χ3v) is 28.3. The molecule has 1 heterocycles. The molecule has 2 aromatic rings. The van der Waals surface area contributed by atoms with E-state index in [1.54, 1.807) is 26.2 Å². The van der Waals surface area contributed by atoms with Gasteiger partial charge in [0.25, 0.3) is 0 Å². The van der Waals surface area contributed by atoms with Crippen LogP contribution in [0.15, 0.2) is 60.7 Å². The Labute approximate surface area is 507 Å². The van der Waals surface area contributed by atoms with Crippen LogP contribution in [-0.2, 0) is 165 Å². The van der Waals surface area contributed by atoms with Crippen LogP contribution in [0.5, 0.6) is 0 Å². The van der Waals surface area contributed by atoms with E-state index in [1.165, 1.54) is 27.3 Å². The van der Waals surface area contributed by atoms with Crippen molar-refractivity contribution in [2.75, 3.05) is 71.1 Å². The molecule has 1 fully saturated rings. The molecule has 1 aliphatic rings. The second kappa shape index (κ2) is 70.3. The minimum atomic E-state index is -3.39. The average molecular weight is 1520 g/mol. The van der Waals surface area contributed by atoms with Crippen LogP contribution >= 0.6 is 0 Å². The molecule has 0 aliphatic carbocycles. The Bertz CT molecular complexity index is 1080. The van der Waals surface area contributed by atoms with Crippen LogP contribution in [0.25, 0.3) is 0 Å². The molecular formula is C30H88O26Si7Zr5. The van der Waals surface area contributed by atoms with Gasteiger partial charge in [-0.05, 0) is 36.6 Å². The van der Waals surface area contributed by atoms with Crippen molar-refractivity contribution >= 4 is 71.3 Å². The standard InChI is InChI=1S/C16H24O4Si3.C6H20O8Si4.8CH4O.6H2O.5Zr/c1-21(2,17)19-22(3,4)20-23(18,15-11-7-5-8-12-15)16-13-9-6-10-14-16;1-9-15(3,7)11-17(5)13-18(6,14-17)12-16(4,8)10-2;8*1-2;;;;;;;;;;;/h5-14,17-18H,1-4H3;7-8H,1-6H3;8*2H,1H3;6*1H2;;;;;. The average Bonchev–Trinajstić information content (AvgIpc) is 3.19. The Kier molecular flexibility index (Phi) is 128. The zero-order valence-corrected chi connectivity index (χ0v) is 61.7. The van der Waals surface area contributed by atoms with Gasteiger partial charge in [0, 0.05) is 228 Å². The molecule has 2 unspecified atom stereocenters.